The average Bonchev–Trinajstić information content (AvgIpc) is 1.87. The molecule has 0 bridgehead atoms. The van der Waals surface area contributed by atoms with Crippen molar-refractivity contribution in [1.29, 1.82) is 0 Å². The lowest BCUT2D eigenvalue weighted by Gasteiger charge is -1.93. The quantitative estimate of drug-likeness (QED) is 0.463. The Labute approximate surface area is 63.8 Å². The van der Waals surface area contributed by atoms with Gasteiger partial charge in [0.25, 0.3) is 0 Å². The molecule has 0 unspecified atom stereocenters. The topological polar surface area (TPSA) is 54.4 Å². The summed E-state index contributed by atoms with van der Waals surface area (Å²) in [6.45, 7) is 0. The van der Waals surface area contributed by atoms with Crippen LogP contribution in [0.5, 0.6) is 0 Å². The van der Waals surface area contributed by atoms with Gasteiger partial charge in [-0.3, -0.25) is 4.79 Å². The molecular formula is C6H10O3S. The Morgan fingerprint density at radius 1 is 1.50 bits per heavy atom. The van der Waals surface area contributed by atoms with Crippen LogP contribution in [0, 0.1) is 0 Å². The molecule has 0 aliphatic rings. The SMILES string of the molecule is O=CCCSCCC(=O)O. The van der Waals surface area contributed by atoms with E-state index < -0.39 is 5.97 Å². The first-order chi connectivity index (χ1) is 4.77. The van der Waals surface area contributed by atoms with Gasteiger partial charge in [0, 0.05) is 12.2 Å². The summed E-state index contributed by atoms with van der Waals surface area (Å²) in [6, 6.07) is 0. The highest BCUT2D eigenvalue weighted by Crippen LogP contribution is 2.02. The summed E-state index contributed by atoms with van der Waals surface area (Å²) in [4.78, 5) is 19.7. The molecule has 0 radical (unpaired) electrons. The Kier molecular flexibility index (Phi) is 6.27. The molecule has 0 aliphatic carbocycles. The Hall–Kier alpha value is -0.510. The van der Waals surface area contributed by atoms with Crippen molar-refractivity contribution in [2.45, 2.75) is 12.8 Å². The van der Waals surface area contributed by atoms with Gasteiger partial charge in [-0.25, -0.2) is 0 Å². The van der Waals surface area contributed by atoms with Gasteiger partial charge in [-0.2, -0.15) is 11.8 Å². The molecule has 10 heavy (non-hydrogen) atoms. The van der Waals surface area contributed by atoms with Crippen molar-refractivity contribution < 1.29 is 14.7 Å². The lowest BCUT2D eigenvalue weighted by Crippen LogP contribution is -1.96. The van der Waals surface area contributed by atoms with Crippen LogP contribution in [-0.4, -0.2) is 28.9 Å². The van der Waals surface area contributed by atoms with E-state index in [9.17, 15) is 9.59 Å². The lowest BCUT2D eigenvalue weighted by atomic mass is 10.5. The first kappa shape index (κ1) is 9.49. The maximum Gasteiger partial charge on any atom is 0.304 e. The van der Waals surface area contributed by atoms with Gasteiger partial charge in [0.2, 0.25) is 0 Å². The van der Waals surface area contributed by atoms with Crippen LogP contribution in [0.3, 0.4) is 0 Å². The Balaban J connectivity index is 2.90. The Morgan fingerprint density at radius 3 is 2.70 bits per heavy atom. The molecular weight excluding hydrogens is 152 g/mol. The molecule has 0 fully saturated rings. The molecule has 0 saturated heterocycles. The van der Waals surface area contributed by atoms with Gasteiger partial charge in [0.1, 0.15) is 6.29 Å². The van der Waals surface area contributed by atoms with E-state index >= 15 is 0 Å². The van der Waals surface area contributed by atoms with Crippen molar-refractivity contribution >= 4 is 24.0 Å². The van der Waals surface area contributed by atoms with E-state index in [1.54, 1.807) is 0 Å². The monoisotopic (exact) mass is 162 g/mol. The molecule has 4 heteroatoms. The minimum absolute atomic E-state index is 0.184. The van der Waals surface area contributed by atoms with Crippen molar-refractivity contribution in [2.24, 2.45) is 0 Å². The average molecular weight is 162 g/mol. The van der Waals surface area contributed by atoms with Gasteiger partial charge in [-0.1, -0.05) is 0 Å². The summed E-state index contributed by atoms with van der Waals surface area (Å²) in [5, 5.41) is 8.19. The van der Waals surface area contributed by atoms with Crippen LogP contribution in [0.1, 0.15) is 12.8 Å². The third-order valence-corrected chi connectivity index (χ3v) is 1.86. The number of hydrogen-bond donors (Lipinski definition) is 1. The number of hydrogen-bond acceptors (Lipinski definition) is 3. The molecule has 58 valence electrons. The molecule has 0 aromatic carbocycles. The number of carbonyl (C=O) groups excluding carboxylic acids is 1. The second kappa shape index (κ2) is 6.61. The van der Waals surface area contributed by atoms with E-state index in [1.165, 1.54) is 11.8 Å². The van der Waals surface area contributed by atoms with Crippen LogP contribution in [0.4, 0.5) is 0 Å². The number of aliphatic carboxylic acids is 1. The second-order valence-electron chi connectivity index (χ2n) is 1.71. The molecule has 0 heterocycles. The Morgan fingerprint density at radius 2 is 2.20 bits per heavy atom. The first-order valence-corrected chi connectivity index (χ1v) is 4.16. The molecule has 0 spiro atoms. The molecule has 0 rings (SSSR count). The van der Waals surface area contributed by atoms with E-state index in [0.717, 1.165) is 12.0 Å². The standard InChI is InChI=1S/C6H10O3S/c7-3-1-4-10-5-2-6(8)9/h3H,1-2,4-5H2,(H,8,9). The Bertz CT molecular complexity index is 114. The molecule has 0 saturated carbocycles. The largest absolute Gasteiger partial charge is 0.481 e. The molecule has 0 aromatic rings. The summed E-state index contributed by atoms with van der Waals surface area (Å²) in [5.74, 6) is 0.554. The first-order valence-electron chi connectivity index (χ1n) is 3.00. The smallest absolute Gasteiger partial charge is 0.304 e. The summed E-state index contributed by atoms with van der Waals surface area (Å²) < 4.78 is 0. The predicted molar refractivity (Wildman–Crippen MR) is 40.3 cm³/mol. The summed E-state index contributed by atoms with van der Waals surface area (Å²) in [6.07, 6.45) is 1.54. The zero-order valence-electron chi connectivity index (χ0n) is 5.58. The lowest BCUT2D eigenvalue weighted by molar-refractivity contribution is -0.136. The highest BCUT2D eigenvalue weighted by molar-refractivity contribution is 7.99. The van der Waals surface area contributed by atoms with Crippen LogP contribution in [-0.2, 0) is 9.59 Å². The molecule has 3 nitrogen and oxygen atoms in total. The van der Waals surface area contributed by atoms with E-state index in [2.05, 4.69) is 0 Å². The fourth-order valence-corrected chi connectivity index (χ4v) is 1.18. The number of carbonyl (C=O) groups is 2. The van der Waals surface area contributed by atoms with Crippen molar-refractivity contribution in [3.8, 4) is 0 Å². The van der Waals surface area contributed by atoms with Gasteiger partial charge in [0.15, 0.2) is 0 Å². The molecule has 0 atom stereocenters. The maximum absolute atomic E-state index is 9.95. The van der Waals surface area contributed by atoms with E-state index in [1.807, 2.05) is 0 Å². The fourth-order valence-electron chi connectivity index (χ4n) is 0.393. The molecule has 0 aromatic heterocycles. The van der Waals surface area contributed by atoms with Crippen molar-refractivity contribution in [1.82, 2.24) is 0 Å². The fraction of sp³-hybridized carbons (Fsp3) is 0.667. The van der Waals surface area contributed by atoms with Crippen LogP contribution < -0.4 is 0 Å². The van der Waals surface area contributed by atoms with Crippen LogP contribution in [0.15, 0.2) is 0 Å². The molecule has 0 amide bonds. The van der Waals surface area contributed by atoms with E-state index in [4.69, 9.17) is 5.11 Å². The van der Waals surface area contributed by atoms with Gasteiger partial charge in [-0.15, -0.1) is 0 Å². The van der Waals surface area contributed by atoms with Gasteiger partial charge in [0.05, 0.1) is 6.42 Å². The highest BCUT2D eigenvalue weighted by Gasteiger charge is 1.95. The number of rotatable bonds is 6. The van der Waals surface area contributed by atoms with Crippen LogP contribution in [0.25, 0.3) is 0 Å². The third-order valence-electron chi connectivity index (χ3n) is 0.840. The molecule has 0 aliphatic heterocycles. The van der Waals surface area contributed by atoms with Gasteiger partial charge in [-0.05, 0) is 5.75 Å². The van der Waals surface area contributed by atoms with Gasteiger partial charge < -0.3 is 9.90 Å². The van der Waals surface area contributed by atoms with Crippen molar-refractivity contribution in [2.75, 3.05) is 11.5 Å². The summed E-state index contributed by atoms with van der Waals surface area (Å²) >= 11 is 1.49. The zero-order chi connectivity index (χ0) is 7.82. The zero-order valence-corrected chi connectivity index (χ0v) is 6.39. The van der Waals surface area contributed by atoms with E-state index in [0.29, 0.717) is 12.2 Å². The van der Waals surface area contributed by atoms with Crippen molar-refractivity contribution in [3.63, 3.8) is 0 Å². The normalized spacial score (nSPS) is 9.20. The number of carboxylic acid groups (broad SMARTS) is 1. The van der Waals surface area contributed by atoms with Crippen LogP contribution >= 0.6 is 11.8 Å². The second-order valence-corrected chi connectivity index (χ2v) is 2.94. The maximum atomic E-state index is 9.95. The number of carboxylic acids is 1. The minimum Gasteiger partial charge on any atom is -0.481 e. The van der Waals surface area contributed by atoms with Crippen molar-refractivity contribution in [3.05, 3.63) is 0 Å². The number of thioether (sulfide) groups is 1. The summed E-state index contributed by atoms with van der Waals surface area (Å²) in [7, 11) is 0. The predicted octanol–water partition coefficient (Wildman–Crippen LogP) is 0.783. The third kappa shape index (κ3) is 7.49. The number of aldehydes is 1. The molecule has 1 N–H and O–H groups in total. The summed E-state index contributed by atoms with van der Waals surface area (Å²) in [5.41, 5.74) is 0. The van der Waals surface area contributed by atoms with Gasteiger partial charge >= 0.3 is 5.97 Å². The minimum atomic E-state index is -0.779. The van der Waals surface area contributed by atoms with Crippen LogP contribution in [0.2, 0.25) is 0 Å². The highest BCUT2D eigenvalue weighted by atomic mass is 32.2. The van der Waals surface area contributed by atoms with E-state index in [-0.39, 0.29) is 6.42 Å².